The predicted octanol–water partition coefficient (Wildman–Crippen LogP) is 4.12. The van der Waals surface area contributed by atoms with Crippen molar-refractivity contribution in [1.29, 1.82) is 0 Å². The van der Waals surface area contributed by atoms with Gasteiger partial charge < -0.3 is 4.74 Å². The molecule has 1 saturated carbocycles. The molecule has 19 heavy (non-hydrogen) atoms. The molecule has 1 aromatic heterocycles. The molecule has 0 bridgehead atoms. The van der Waals surface area contributed by atoms with Gasteiger partial charge in [-0.2, -0.15) is 0 Å². The van der Waals surface area contributed by atoms with Gasteiger partial charge in [-0.1, -0.05) is 20.8 Å². The summed E-state index contributed by atoms with van der Waals surface area (Å²) in [7, 11) is 0. The van der Waals surface area contributed by atoms with Gasteiger partial charge in [0.05, 0.1) is 5.88 Å². The van der Waals surface area contributed by atoms with E-state index in [-0.39, 0.29) is 6.10 Å². The van der Waals surface area contributed by atoms with Crippen LogP contribution in [0.15, 0.2) is 6.20 Å². The van der Waals surface area contributed by atoms with Crippen LogP contribution in [0.25, 0.3) is 0 Å². The second-order valence-electron chi connectivity index (χ2n) is 6.55. The molecule has 1 aromatic rings. The van der Waals surface area contributed by atoms with E-state index >= 15 is 0 Å². The fourth-order valence-electron chi connectivity index (χ4n) is 3.16. The van der Waals surface area contributed by atoms with Gasteiger partial charge in [-0.15, -0.1) is 11.6 Å². The number of nitrogens with zero attached hydrogens (tertiary/aromatic N) is 2. The molecule has 0 amide bonds. The van der Waals surface area contributed by atoms with Crippen LogP contribution < -0.4 is 4.74 Å². The van der Waals surface area contributed by atoms with E-state index in [4.69, 9.17) is 16.3 Å². The normalized spacial score (nSPS) is 26.2. The quantitative estimate of drug-likeness (QED) is 0.782. The summed E-state index contributed by atoms with van der Waals surface area (Å²) in [5, 5.41) is 0. The lowest BCUT2D eigenvalue weighted by molar-refractivity contribution is 0.0498. The minimum atomic E-state index is 0.222. The fraction of sp³-hybridized carbons (Fsp3) is 0.733. The molecule has 1 fully saturated rings. The number of aromatic nitrogens is 2. The average molecular weight is 283 g/mol. The van der Waals surface area contributed by atoms with Crippen LogP contribution in [0.4, 0.5) is 0 Å². The standard InChI is InChI=1S/C15H23ClN2O/c1-10-5-13(7-15(3,4)6-10)19-14-17-9-12(8-16)11(2)18-14/h9-10,13H,5-8H2,1-4H3. The van der Waals surface area contributed by atoms with Crippen molar-refractivity contribution in [3.63, 3.8) is 0 Å². The van der Waals surface area contributed by atoms with Crippen molar-refractivity contribution in [3.05, 3.63) is 17.5 Å². The highest BCUT2D eigenvalue weighted by Crippen LogP contribution is 2.39. The molecule has 0 spiro atoms. The first-order chi connectivity index (χ1) is 8.89. The van der Waals surface area contributed by atoms with E-state index in [0.717, 1.165) is 24.1 Å². The van der Waals surface area contributed by atoms with E-state index in [1.165, 1.54) is 6.42 Å². The number of hydrogen-bond acceptors (Lipinski definition) is 3. The van der Waals surface area contributed by atoms with Crippen LogP contribution in [-0.2, 0) is 5.88 Å². The Balaban J connectivity index is 2.06. The Labute approximate surface area is 120 Å². The summed E-state index contributed by atoms with van der Waals surface area (Å²) in [5.74, 6) is 1.14. The molecule has 1 aliphatic rings. The first kappa shape index (κ1) is 14.6. The zero-order valence-corrected chi connectivity index (χ0v) is 13.0. The van der Waals surface area contributed by atoms with Gasteiger partial charge in [-0.05, 0) is 37.5 Å². The van der Waals surface area contributed by atoms with Crippen molar-refractivity contribution in [2.75, 3.05) is 0 Å². The van der Waals surface area contributed by atoms with Crippen molar-refractivity contribution in [3.8, 4) is 6.01 Å². The molecule has 0 aliphatic heterocycles. The molecule has 1 heterocycles. The van der Waals surface area contributed by atoms with Crippen molar-refractivity contribution in [2.45, 2.75) is 58.9 Å². The number of aryl methyl sites for hydroxylation is 1. The third kappa shape index (κ3) is 3.82. The van der Waals surface area contributed by atoms with Crippen LogP contribution >= 0.6 is 11.6 Å². The summed E-state index contributed by atoms with van der Waals surface area (Å²) in [6, 6.07) is 0.487. The molecule has 0 saturated heterocycles. The van der Waals surface area contributed by atoms with E-state index < -0.39 is 0 Å². The zero-order valence-electron chi connectivity index (χ0n) is 12.2. The number of hydrogen-bond donors (Lipinski definition) is 0. The molecule has 3 nitrogen and oxygen atoms in total. The van der Waals surface area contributed by atoms with E-state index in [1.54, 1.807) is 6.20 Å². The number of alkyl halides is 1. The molecule has 4 heteroatoms. The van der Waals surface area contributed by atoms with Gasteiger partial charge in [0.25, 0.3) is 0 Å². The Morgan fingerprint density at radius 2 is 2.16 bits per heavy atom. The summed E-state index contributed by atoms with van der Waals surface area (Å²) >= 11 is 5.81. The van der Waals surface area contributed by atoms with Gasteiger partial charge in [-0.25, -0.2) is 9.97 Å². The molecular formula is C15H23ClN2O. The van der Waals surface area contributed by atoms with E-state index in [9.17, 15) is 0 Å². The van der Waals surface area contributed by atoms with Crippen LogP contribution in [0.1, 0.15) is 51.3 Å². The number of ether oxygens (including phenoxy) is 1. The first-order valence-corrected chi connectivity index (χ1v) is 7.48. The molecule has 2 atom stereocenters. The molecule has 0 aromatic carbocycles. The van der Waals surface area contributed by atoms with Gasteiger partial charge in [0, 0.05) is 17.5 Å². The third-order valence-electron chi connectivity index (χ3n) is 3.82. The van der Waals surface area contributed by atoms with Crippen LogP contribution in [0, 0.1) is 18.3 Å². The summed E-state index contributed by atoms with van der Waals surface area (Å²) in [6.45, 7) is 8.85. The van der Waals surface area contributed by atoms with Crippen LogP contribution in [0.2, 0.25) is 0 Å². The maximum atomic E-state index is 5.98. The highest BCUT2D eigenvalue weighted by Gasteiger charge is 2.33. The first-order valence-electron chi connectivity index (χ1n) is 6.95. The molecule has 0 N–H and O–H groups in total. The highest BCUT2D eigenvalue weighted by molar-refractivity contribution is 6.17. The van der Waals surface area contributed by atoms with Gasteiger partial charge in [0.1, 0.15) is 6.10 Å². The molecule has 2 rings (SSSR count). The number of halogens is 1. The monoisotopic (exact) mass is 282 g/mol. The fourth-order valence-corrected chi connectivity index (χ4v) is 3.42. The molecular weight excluding hydrogens is 260 g/mol. The van der Waals surface area contributed by atoms with Crippen LogP contribution in [0.3, 0.4) is 0 Å². The molecule has 106 valence electrons. The highest BCUT2D eigenvalue weighted by atomic mass is 35.5. The van der Waals surface area contributed by atoms with Gasteiger partial charge in [-0.3, -0.25) is 0 Å². The Hall–Kier alpha value is -0.830. The minimum absolute atomic E-state index is 0.222. The summed E-state index contributed by atoms with van der Waals surface area (Å²) in [5.41, 5.74) is 2.21. The Kier molecular flexibility index (Phi) is 4.34. The second-order valence-corrected chi connectivity index (χ2v) is 6.82. The topological polar surface area (TPSA) is 35.0 Å². The number of rotatable bonds is 3. The summed E-state index contributed by atoms with van der Waals surface area (Å²) in [4.78, 5) is 8.65. The minimum Gasteiger partial charge on any atom is -0.460 e. The van der Waals surface area contributed by atoms with Crippen molar-refractivity contribution in [1.82, 2.24) is 9.97 Å². The molecule has 2 unspecified atom stereocenters. The van der Waals surface area contributed by atoms with Crippen LogP contribution in [-0.4, -0.2) is 16.1 Å². The zero-order chi connectivity index (χ0) is 14.0. The Morgan fingerprint density at radius 3 is 2.74 bits per heavy atom. The van der Waals surface area contributed by atoms with Gasteiger partial charge >= 0.3 is 6.01 Å². The lowest BCUT2D eigenvalue weighted by Crippen LogP contribution is -2.34. The van der Waals surface area contributed by atoms with Gasteiger partial charge in [0.2, 0.25) is 0 Å². The average Bonchev–Trinajstić information content (AvgIpc) is 2.26. The van der Waals surface area contributed by atoms with Crippen molar-refractivity contribution < 1.29 is 4.74 Å². The Morgan fingerprint density at radius 1 is 1.42 bits per heavy atom. The lowest BCUT2D eigenvalue weighted by Gasteiger charge is -2.38. The van der Waals surface area contributed by atoms with Gasteiger partial charge in [0.15, 0.2) is 0 Å². The largest absolute Gasteiger partial charge is 0.460 e. The SMILES string of the molecule is Cc1nc(OC2CC(C)CC(C)(C)C2)ncc1CCl. The van der Waals surface area contributed by atoms with E-state index in [0.29, 0.717) is 23.2 Å². The second kappa shape index (κ2) is 5.66. The molecule has 1 aliphatic carbocycles. The predicted molar refractivity (Wildman–Crippen MR) is 77.5 cm³/mol. The summed E-state index contributed by atoms with van der Waals surface area (Å²) < 4.78 is 5.98. The van der Waals surface area contributed by atoms with Crippen molar-refractivity contribution >= 4 is 11.6 Å². The van der Waals surface area contributed by atoms with Crippen LogP contribution in [0.5, 0.6) is 6.01 Å². The Bertz CT molecular complexity index is 448. The lowest BCUT2D eigenvalue weighted by atomic mass is 9.71. The maximum absolute atomic E-state index is 5.98. The van der Waals surface area contributed by atoms with E-state index in [2.05, 4.69) is 30.7 Å². The summed E-state index contributed by atoms with van der Waals surface area (Å²) in [6.07, 6.45) is 5.40. The van der Waals surface area contributed by atoms with E-state index in [1.807, 2.05) is 6.92 Å². The maximum Gasteiger partial charge on any atom is 0.316 e. The third-order valence-corrected chi connectivity index (χ3v) is 4.11. The van der Waals surface area contributed by atoms with Crippen molar-refractivity contribution in [2.24, 2.45) is 11.3 Å². The smallest absolute Gasteiger partial charge is 0.316 e. The molecule has 0 radical (unpaired) electrons.